The molecule has 0 atom stereocenters. The molecule has 10 heteroatoms. The molecule has 0 spiro atoms. The van der Waals surface area contributed by atoms with Gasteiger partial charge in [-0.2, -0.15) is 17.5 Å². The molecule has 3 aromatic rings. The van der Waals surface area contributed by atoms with Crippen molar-refractivity contribution in [1.82, 2.24) is 4.31 Å². The minimum Gasteiger partial charge on any atom is -0.308 e. The van der Waals surface area contributed by atoms with E-state index >= 15 is 0 Å². The molecule has 2 amide bonds. The van der Waals surface area contributed by atoms with Crippen molar-refractivity contribution in [1.29, 1.82) is 0 Å². The lowest BCUT2D eigenvalue weighted by Gasteiger charge is -2.28. The van der Waals surface area contributed by atoms with E-state index in [0.29, 0.717) is 18.7 Å². The van der Waals surface area contributed by atoms with E-state index in [9.17, 15) is 26.4 Å². The summed E-state index contributed by atoms with van der Waals surface area (Å²) in [6.07, 6.45) is -3.99. The van der Waals surface area contributed by atoms with E-state index in [1.807, 2.05) is 6.07 Å². The van der Waals surface area contributed by atoms with Gasteiger partial charge in [-0.05, 0) is 60.0 Å². The minimum absolute atomic E-state index is 0.000384. The quantitative estimate of drug-likeness (QED) is 0.551. The summed E-state index contributed by atoms with van der Waals surface area (Å²) < 4.78 is 65.8. The van der Waals surface area contributed by atoms with Crippen molar-refractivity contribution in [3.63, 3.8) is 0 Å². The van der Waals surface area contributed by atoms with E-state index in [0.717, 1.165) is 23.3 Å². The Morgan fingerprint density at radius 3 is 2.24 bits per heavy atom. The normalized spacial score (nSPS) is 14.4. The van der Waals surface area contributed by atoms with Gasteiger partial charge in [0.05, 0.1) is 10.5 Å². The van der Waals surface area contributed by atoms with Crippen LogP contribution in [-0.4, -0.2) is 25.3 Å². The second-order valence-electron chi connectivity index (χ2n) is 7.54. The van der Waals surface area contributed by atoms with Gasteiger partial charge >= 0.3 is 12.2 Å². The Bertz CT molecular complexity index is 1280. The second-order valence-corrected chi connectivity index (χ2v) is 9.48. The number of benzene rings is 3. The summed E-state index contributed by atoms with van der Waals surface area (Å²) in [5, 5.41) is 4.97. The van der Waals surface area contributed by atoms with Crippen molar-refractivity contribution in [3.8, 4) is 0 Å². The van der Waals surface area contributed by atoms with Crippen LogP contribution in [0.1, 0.15) is 16.7 Å². The Kier molecular flexibility index (Phi) is 6.13. The van der Waals surface area contributed by atoms with Crippen molar-refractivity contribution in [2.24, 2.45) is 0 Å². The standard InChI is InChI=1S/C23H20F3N3O3S/c24-23(25,26)18-5-4-6-19(14-18)27-22(30)28-20-10-9-16-11-12-29(15-17(16)13-20)33(31,32)21-7-2-1-3-8-21/h1-10,13-14H,11-12,15H2,(H2,27,28,30). The van der Waals surface area contributed by atoms with Gasteiger partial charge in [-0.15, -0.1) is 0 Å². The number of hydrogen-bond acceptors (Lipinski definition) is 3. The Balaban J connectivity index is 1.47. The maximum Gasteiger partial charge on any atom is 0.416 e. The van der Waals surface area contributed by atoms with Crippen LogP contribution in [0.2, 0.25) is 0 Å². The highest BCUT2D eigenvalue weighted by Crippen LogP contribution is 2.31. The molecule has 4 rings (SSSR count). The molecule has 0 saturated carbocycles. The number of fused-ring (bicyclic) bond motifs is 1. The molecule has 0 saturated heterocycles. The largest absolute Gasteiger partial charge is 0.416 e. The summed E-state index contributed by atoms with van der Waals surface area (Å²) in [6.45, 7) is 0.490. The third kappa shape index (κ3) is 5.18. The highest BCUT2D eigenvalue weighted by atomic mass is 32.2. The Hall–Kier alpha value is -3.37. The molecule has 1 aliphatic heterocycles. The van der Waals surface area contributed by atoms with Gasteiger partial charge in [0, 0.05) is 24.5 Å². The van der Waals surface area contributed by atoms with Crippen LogP contribution < -0.4 is 10.6 Å². The van der Waals surface area contributed by atoms with Gasteiger partial charge in [0.25, 0.3) is 0 Å². The molecular formula is C23H20F3N3O3S. The van der Waals surface area contributed by atoms with E-state index in [1.165, 1.54) is 16.4 Å². The first-order valence-corrected chi connectivity index (χ1v) is 11.5. The predicted octanol–water partition coefficient (Wildman–Crippen LogP) is 5.10. The Morgan fingerprint density at radius 2 is 1.55 bits per heavy atom. The van der Waals surface area contributed by atoms with Crippen LogP contribution in [0.25, 0.3) is 0 Å². The number of carbonyl (C=O) groups is 1. The summed E-state index contributed by atoms with van der Waals surface area (Å²) in [5.74, 6) is 0. The van der Waals surface area contributed by atoms with Gasteiger partial charge in [-0.3, -0.25) is 0 Å². The zero-order chi connectivity index (χ0) is 23.6. The molecule has 0 aromatic heterocycles. The molecule has 0 radical (unpaired) electrons. The van der Waals surface area contributed by atoms with E-state index in [1.54, 1.807) is 42.5 Å². The van der Waals surface area contributed by atoms with Crippen LogP contribution >= 0.6 is 0 Å². The molecule has 0 fully saturated rings. The molecule has 1 heterocycles. The summed E-state index contributed by atoms with van der Waals surface area (Å²) in [5.41, 5.74) is 1.25. The number of hydrogen-bond donors (Lipinski definition) is 2. The number of rotatable bonds is 4. The number of carbonyl (C=O) groups excluding carboxylic acids is 1. The topological polar surface area (TPSA) is 78.5 Å². The highest BCUT2D eigenvalue weighted by molar-refractivity contribution is 7.89. The third-order valence-corrected chi connectivity index (χ3v) is 7.13. The first kappa shape index (κ1) is 22.8. The molecule has 6 nitrogen and oxygen atoms in total. The highest BCUT2D eigenvalue weighted by Gasteiger charge is 2.31. The van der Waals surface area contributed by atoms with Gasteiger partial charge in [-0.25, -0.2) is 13.2 Å². The van der Waals surface area contributed by atoms with Crippen LogP contribution in [-0.2, 0) is 29.2 Å². The number of alkyl halides is 3. The number of amides is 2. The third-order valence-electron chi connectivity index (χ3n) is 5.27. The minimum atomic E-state index is -4.52. The zero-order valence-electron chi connectivity index (χ0n) is 17.3. The summed E-state index contributed by atoms with van der Waals surface area (Å²) >= 11 is 0. The van der Waals surface area contributed by atoms with Crippen molar-refractivity contribution < 1.29 is 26.4 Å². The lowest BCUT2D eigenvalue weighted by atomic mass is 10.0. The maximum absolute atomic E-state index is 12.9. The fourth-order valence-corrected chi connectivity index (χ4v) is 5.06. The summed E-state index contributed by atoms with van der Waals surface area (Å²) in [7, 11) is -3.66. The van der Waals surface area contributed by atoms with Crippen LogP contribution in [0.3, 0.4) is 0 Å². The van der Waals surface area contributed by atoms with Gasteiger partial charge < -0.3 is 10.6 Å². The first-order chi connectivity index (χ1) is 15.6. The van der Waals surface area contributed by atoms with E-state index < -0.39 is 27.8 Å². The van der Waals surface area contributed by atoms with E-state index in [4.69, 9.17) is 0 Å². The van der Waals surface area contributed by atoms with Gasteiger partial charge in [0.15, 0.2) is 0 Å². The van der Waals surface area contributed by atoms with Gasteiger partial charge in [0.2, 0.25) is 10.0 Å². The monoisotopic (exact) mass is 475 g/mol. The molecular weight excluding hydrogens is 455 g/mol. The lowest BCUT2D eigenvalue weighted by Crippen LogP contribution is -2.36. The van der Waals surface area contributed by atoms with E-state index in [2.05, 4.69) is 10.6 Å². The number of nitrogens with zero attached hydrogens (tertiary/aromatic N) is 1. The van der Waals surface area contributed by atoms with Crippen molar-refractivity contribution in [3.05, 3.63) is 89.5 Å². The summed E-state index contributed by atoms with van der Waals surface area (Å²) in [6, 6.07) is 16.9. The van der Waals surface area contributed by atoms with Crippen molar-refractivity contribution >= 4 is 27.4 Å². The Labute approximate surface area is 189 Å². The fraction of sp³-hybridized carbons (Fsp3) is 0.174. The van der Waals surface area contributed by atoms with Crippen LogP contribution in [0.4, 0.5) is 29.3 Å². The predicted molar refractivity (Wildman–Crippen MR) is 118 cm³/mol. The average molecular weight is 475 g/mol. The fourth-order valence-electron chi connectivity index (χ4n) is 3.62. The average Bonchev–Trinajstić information content (AvgIpc) is 2.78. The molecule has 172 valence electrons. The van der Waals surface area contributed by atoms with Crippen LogP contribution in [0.5, 0.6) is 0 Å². The van der Waals surface area contributed by atoms with E-state index in [-0.39, 0.29) is 17.1 Å². The zero-order valence-corrected chi connectivity index (χ0v) is 18.1. The summed E-state index contributed by atoms with van der Waals surface area (Å²) in [4.78, 5) is 12.5. The first-order valence-electron chi connectivity index (χ1n) is 10.1. The molecule has 2 N–H and O–H groups in total. The molecule has 3 aromatic carbocycles. The molecule has 0 aliphatic carbocycles. The van der Waals surface area contributed by atoms with Gasteiger partial charge in [0.1, 0.15) is 0 Å². The molecule has 0 unspecified atom stereocenters. The lowest BCUT2D eigenvalue weighted by molar-refractivity contribution is -0.137. The SMILES string of the molecule is O=C(Nc1cccc(C(F)(F)F)c1)Nc1ccc2c(c1)CN(S(=O)(=O)c1ccccc1)CC2. The number of sulfonamides is 1. The maximum atomic E-state index is 12.9. The van der Waals surface area contributed by atoms with Gasteiger partial charge in [-0.1, -0.05) is 30.3 Å². The molecule has 1 aliphatic rings. The smallest absolute Gasteiger partial charge is 0.308 e. The molecule has 0 bridgehead atoms. The van der Waals surface area contributed by atoms with Crippen molar-refractivity contribution in [2.75, 3.05) is 17.2 Å². The number of anilines is 2. The van der Waals surface area contributed by atoms with Crippen molar-refractivity contribution in [2.45, 2.75) is 24.0 Å². The van der Waals surface area contributed by atoms with Crippen LogP contribution in [0, 0.1) is 0 Å². The number of urea groups is 1. The van der Waals surface area contributed by atoms with Crippen LogP contribution in [0.15, 0.2) is 77.7 Å². The number of halogens is 3. The number of nitrogens with one attached hydrogen (secondary N) is 2. The second kappa shape index (κ2) is 8.87. The Morgan fingerprint density at radius 1 is 0.848 bits per heavy atom. The molecule has 33 heavy (non-hydrogen) atoms.